The molecule has 0 spiro atoms. The molecule has 0 saturated carbocycles. The van der Waals surface area contributed by atoms with E-state index in [0.29, 0.717) is 27.8 Å². The molecule has 3 aromatic rings. The third-order valence-corrected chi connectivity index (χ3v) is 7.39. The van der Waals surface area contributed by atoms with E-state index in [2.05, 4.69) is 19.7 Å². The Labute approximate surface area is 196 Å². The number of aromatic nitrogens is 4. The maximum absolute atomic E-state index is 12.6. The molecule has 0 fully saturated rings. The molecule has 1 aromatic carbocycles. The van der Waals surface area contributed by atoms with Crippen molar-refractivity contribution < 1.29 is 17.9 Å². The van der Waals surface area contributed by atoms with E-state index in [-0.39, 0.29) is 24.9 Å². The number of nitrogens with two attached hydrogens (primary N) is 1. The van der Waals surface area contributed by atoms with Gasteiger partial charge >= 0.3 is 0 Å². The predicted octanol–water partition coefficient (Wildman–Crippen LogP) is 2.07. The fourth-order valence-corrected chi connectivity index (χ4v) is 5.98. The van der Waals surface area contributed by atoms with Gasteiger partial charge in [-0.25, -0.2) is 28.1 Å². The van der Waals surface area contributed by atoms with Crippen molar-refractivity contribution in [2.75, 3.05) is 37.3 Å². The summed E-state index contributed by atoms with van der Waals surface area (Å²) in [6.45, 7) is 5.71. The van der Waals surface area contributed by atoms with Crippen LogP contribution in [0.5, 0.6) is 11.5 Å². The van der Waals surface area contributed by atoms with Crippen LogP contribution in [0.1, 0.15) is 20.8 Å². The lowest BCUT2D eigenvalue weighted by atomic mass is 10.1. The van der Waals surface area contributed by atoms with E-state index in [0.717, 1.165) is 10.6 Å². The first-order valence-electron chi connectivity index (χ1n) is 10.2. The van der Waals surface area contributed by atoms with E-state index in [1.807, 2.05) is 31.1 Å². The van der Waals surface area contributed by atoms with Crippen LogP contribution in [0.25, 0.3) is 11.2 Å². The number of sulfonamides is 1. The highest BCUT2D eigenvalue weighted by atomic mass is 32.2. The Bertz CT molecular complexity index is 1300. The summed E-state index contributed by atoms with van der Waals surface area (Å²) in [6, 6.07) is 3.79. The van der Waals surface area contributed by atoms with Crippen LogP contribution in [-0.2, 0) is 16.6 Å². The van der Waals surface area contributed by atoms with Crippen LogP contribution in [-0.4, -0.2) is 60.1 Å². The zero-order chi connectivity index (χ0) is 24.0. The van der Waals surface area contributed by atoms with Crippen LogP contribution >= 0.6 is 11.8 Å². The van der Waals surface area contributed by atoms with Gasteiger partial charge in [0, 0.05) is 43.2 Å². The number of benzene rings is 1. The Hall–Kier alpha value is -2.77. The van der Waals surface area contributed by atoms with Gasteiger partial charge in [-0.05, 0) is 32.5 Å². The zero-order valence-corrected chi connectivity index (χ0v) is 20.7. The topological polar surface area (TPSA) is 137 Å². The van der Waals surface area contributed by atoms with Crippen LogP contribution in [0.4, 0.5) is 11.5 Å². The first-order chi connectivity index (χ1) is 15.4. The van der Waals surface area contributed by atoms with Gasteiger partial charge in [0.15, 0.2) is 33.6 Å². The number of aryl methyl sites for hydroxylation is 1. The van der Waals surface area contributed by atoms with E-state index in [1.54, 1.807) is 25.3 Å². The minimum atomic E-state index is -3.54. The highest BCUT2D eigenvalue weighted by Crippen LogP contribution is 2.44. The standard InChI is InChI=1S/C20H27N7O4S2/c1-20(2,3)25-33(28,29)7-6-27-18-16(17(21)22-10-23-18)24-19(27)32-15-9-14-13(30-11-31-14)8-12(15)26(4)5/h8-10,25H,6-7,11H2,1-5H3,(H2,21,22,23). The monoisotopic (exact) mass is 493 g/mol. The molecule has 0 aliphatic carbocycles. The molecule has 0 unspecified atom stereocenters. The predicted molar refractivity (Wildman–Crippen MR) is 127 cm³/mol. The van der Waals surface area contributed by atoms with Crippen LogP contribution in [0.3, 0.4) is 0 Å². The number of fused-ring (bicyclic) bond motifs is 2. The number of nitrogens with zero attached hydrogens (tertiary/aromatic N) is 5. The number of nitrogen functional groups attached to an aromatic ring is 1. The normalized spacial score (nSPS) is 13.6. The van der Waals surface area contributed by atoms with Crippen molar-refractivity contribution in [3.8, 4) is 11.5 Å². The Kier molecular flexibility index (Phi) is 6.05. The summed E-state index contributed by atoms with van der Waals surface area (Å²) in [6.07, 6.45) is 1.35. The molecular formula is C20H27N7O4S2. The first-order valence-corrected chi connectivity index (χ1v) is 12.7. The van der Waals surface area contributed by atoms with Gasteiger partial charge in [0.2, 0.25) is 16.8 Å². The summed E-state index contributed by atoms with van der Waals surface area (Å²) in [5, 5.41) is 0.546. The Balaban J connectivity index is 1.74. The molecule has 0 bridgehead atoms. The Morgan fingerprint density at radius 2 is 1.91 bits per heavy atom. The quantitative estimate of drug-likeness (QED) is 0.503. The summed E-state index contributed by atoms with van der Waals surface area (Å²) >= 11 is 1.37. The lowest BCUT2D eigenvalue weighted by Crippen LogP contribution is -2.42. The van der Waals surface area contributed by atoms with Crippen LogP contribution in [0, 0.1) is 0 Å². The number of hydrogen-bond donors (Lipinski definition) is 2. The smallest absolute Gasteiger partial charge is 0.231 e. The van der Waals surface area contributed by atoms with E-state index in [1.165, 1.54) is 18.1 Å². The van der Waals surface area contributed by atoms with E-state index < -0.39 is 15.6 Å². The fraction of sp³-hybridized carbons (Fsp3) is 0.450. The van der Waals surface area contributed by atoms with E-state index >= 15 is 0 Å². The average Bonchev–Trinajstić information content (AvgIpc) is 3.28. The van der Waals surface area contributed by atoms with Crippen molar-refractivity contribution in [3.05, 3.63) is 18.5 Å². The molecule has 11 nitrogen and oxygen atoms in total. The first kappa shape index (κ1) is 23.4. The van der Waals surface area contributed by atoms with Crippen molar-refractivity contribution in [3.63, 3.8) is 0 Å². The summed E-state index contributed by atoms with van der Waals surface area (Å²) in [5.74, 6) is 1.40. The minimum absolute atomic E-state index is 0.141. The summed E-state index contributed by atoms with van der Waals surface area (Å²) in [7, 11) is 0.318. The van der Waals surface area contributed by atoms with Gasteiger partial charge in [-0.3, -0.25) is 0 Å². The number of hydrogen-bond acceptors (Lipinski definition) is 10. The summed E-state index contributed by atoms with van der Waals surface area (Å²) in [5.41, 5.74) is 7.27. The molecule has 3 heterocycles. The third kappa shape index (κ3) is 5.09. The summed E-state index contributed by atoms with van der Waals surface area (Å²) < 4.78 is 40.8. The SMILES string of the molecule is CN(C)c1cc2c(cc1Sc1nc3c(N)ncnc3n1CCS(=O)(=O)NC(C)(C)C)OCO2. The molecule has 178 valence electrons. The molecule has 0 amide bonds. The number of ether oxygens (including phenoxy) is 2. The lowest BCUT2D eigenvalue weighted by Gasteiger charge is -2.21. The van der Waals surface area contributed by atoms with Crippen LogP contribution in [0.2, 0.25) is 0 Å². The molecule has 0 saturated heterocycles. The van der Waals surface area contributed by atoms with Gasteiger partial charge in [0.25, 0.3) is 0 Å². The summed E-state index contributed by atoms with van der Waals surface area (Å²) in [4.78, 5) is 15.8. The second-order valence-corrected chi connectivity index (χ2v) is 11.7. The molecular weight excluding hydrogens is 466 g/mol. The number of imidazole rings is 1. The van der Waals surface area contributed by atoms with Crippen LogP contribution < -0.4 is 24.8 Å². The maximum Gasteiger partial charge on any atom is 0.231 e. The fourth-order valence-electron chi connectivity index (χ4n) is 3.38. The molecule has 4 rings (SSSR count). The molecule has 33 heavy (non-hydrogen) atoms. The molecule has 1 aliphatic heterocycles. The van der Waals surface area contributed by atoms with Crippen molar-refractivity contribution in [1.29, 1.82) is 0 Å². The number of anilines is 2. The van der Waals surface area contributed by atoms with Gasteiger partial charge in [-0.15, -0.1) is 0 Å². The van der Waals surface area contributed by atoms with Crippen molar-refractivity contribution >= 4 is 44.5 Å². The third-order valence-electron chi connectivity index (χ3n) is 4.71. The molecule has 0 radical (unpaired) electrons. The maximum atomic E-state index is 12.6. The molecule has 13 heteroatoms. The van der Waals surface area contributed by atoms with Gasteiger partial charge in [-0.1, -0.05) is 0 Å². The van der Waals surface area contributed by atoms with Gasteiger partial charge in [0.1, 0.15) is 6.33 Å². The van der Waals surface area contributed by atoms with Crippen LogP contribution in [0.15, 0.2) is 28.5 Å². The van der Waals surface area contributed by atoms with E-state index in [9.17, 15) is 8.42 Å². The highest BCUT2D eigenvalue weighted by molar-refractivity contribution is 7.99. The lowest BCUT2D eigenvalue weighted by molar-refractivity contribution is 0.174. The van der Waals surface area contributed by atoms with Gasteiger partial charge < -0.3 is 24.7 Å². The molecule has 2 aromatic heterocycles. The number of rotatable bonds is 7. The van der Waals surface area contributed by atoms with Gasteiger partial charge in [0.05, 0.1) is 11.4 Å². The Morgan fingerprint density at radius 3 is 2.58 bits per heavy atom. The largest absolute Gasteiger partial charge is 0.454 e. The highest BCUT2D eigenvalue weighted by Gasteiger charge is 2.24. The van der Waals surface area contributed by atoms with E-state index in [4.69, 9.17) is 15.2 Å². The average molecular weight is 494 g/mol. The second-order valence-electron chi connectivity index (χ2n) is 8.82. The van der Waals surface area contributed by atoms with Crippen molar-refractivity contribution in [1.82, 2.24) is 24.2 Å². The second kappa shape index (κ2) is 8.54. The van der Waals surface area contributed by atoms with Crippen molar-refractivity contribution in [2.45, 2.75) is 42.9 Å². The molecule has 1 aliphatic rings. The number of nitrogens with one attached hydrogen (secondary N) is 1. The van der Waals surface area contributed by atoms with Crippen molar-refractivity contribution in [2.24, 2.45) is 0 Å². The molecule has 0 atom stereocenters. The minimum Gasteiger partial charge on any atom is -0.454 e. The molecule has 3 N–H and O–H groups in total. The Morgan fingerprint density at radius 1 is 1.21 bits per heavy atom. The van der Waals surface area contributed by atoms with Gasteiger partial charge in [-0.2, -0.15) is 0 Å². The zero-order valence-electron chi connectivity index (χ0n) is 19.1.